The van der Waals surface area contributed by atoms with Crippen LogP contribution >= 0.6 is 0 Å². The molecule has 1 aromatic heterocycles. The zero-order chi connectivity index (χ0) is 14.6. The number of hydrogen-bond donors (Lipinski definition) is 2. The fraction of sp³-hybridized carbons (Fsp3) is 0.286. The summed E-state index contributed by atoms with van der Waals surface area (Å²) in [7, 11) is 0. The van der Waals surface area contributed by atoms with Crippen LogP contribution in [-0.2, 0) is 19.0 Å². The zero-order valence-corrected chi connectivity index (χ0v) is 10.7. The molecule has 2 aromatic rings. The second-order valence-corrected chi connectivity index (χ2v) is 4.60. The van der Waals surface area contributed by atoms with Crippen LogP contribution in [0, 0.1) is 0 Å². The average Bonchev–Trinajstić information content (AvgIpc) is 2.90. The molecule has 1 atom stereocenters. The van der Waals surface area contributed by atoms with E-state index in [9.17, 15) is 13.2 Å². The van der Waals surface area contributed by atoms with Crippen LogP contribution in [0.3, 0.4) is 0 Å². The van der Waals surface area contributed by atoms with Gasteiger partial charge < -0.3 is 4.42 Å². The average molecular weight is 284 g/mol. The molecule has 20 heavy (non-hydrogen) atoms. The van der Waals surface area contributed by atoms with E-state index in [2.05, 4.69) is 5.43 Å². The van der Waals surface area contributed by atoms with Crippen molar-refractivity contribution in [2.75, 3.05) is 0 Å². The van der Waals surface area contributed by atoms with Gasteiger partial charge in [0.25, 0.3) is 0 Å². The second kappa shape index (κ2) is 6.11. The van der Waals surface area contributed by atoms with E-state index in [4.69, 9.17) is 10.3 Å². The summed E-state index contributed by atoms with van der Waals surface area (Å²) in [6.45, 7) is 0. The van der Waals surface area contributed by atoms with Crippen molar-refractivity contribution >= 4 is 0 Å². The van der Waals surface area contributed by atoms with E-state index in [1.165, 1.54) is 12.1 Å². The molecule has 3 nitrogen and oxygen atoms in total. The van der Waals surface area contributed by atoms with Gasteiger partial charge in [-0.05, 0) is 42.2 Å². The van der Waals surface area contributed by atoms with E-state index in [0.29, 0.717) is 12.8 Å². The molecule has 3 N–H and O–H groups in total. The van der Waals surface area contributed by atoms with E-state index < -0.39 is 11.7 Å². The third-order valence-electron chi connectivity index (χ3n) is 3.06. The van der Waals surface area contributed by atoms with Crippen molar-refractivity contribution in [1.82, 2.24) is 5.43 Å². The minimum atomic E-state index is -4.30. The van der Waals surface area contributed by atoms with Crippen LogP contribution in [0.5, 0.6) is 0 Å². The van der Waals surface area contributed by atoms with Crippen LogP contribution in [0.4, 0.5) is 13.2 Å². The smallest absolute Gasteiger partial charge is 0.416 e. The van der Waals surface area contributed by atoms with Gasteiger partial charge in [0.2, 0.25) is 0 Å². The highest BCUT2D eigenvalue weighted by atomic mass is 19.4. The first-order valence-corrected chi connectivity index (χ1v) is 6.12. The molecule has 0 aliphatic carbocycles. The van der Waals surface area contributed by atoms with Crippen LogP contribution < -0.4 is 11.3 Å². The van der Waals surface area contributed by atoms with Gasteiger partial charge in [-0.2, -0.15) is 13.2 Å². The van der Waals surface area contributed by atoms with Gasteiger partial charge in [-0.3, -0.25) is 11.3 Å². The lowest BCUT2D eigenvalue weighted by atomic mass is 10.00. The van der Waals surface area contributed by atoms with Gasteiger partial charge in [-0.25, -0.2) is 0 Å². The zero-order valence-electron chi connectivity index (χ0n) is 10.7. The number of benzene rings is 1. The van der Waals surface area contributed by atoms with Crippen molar-refractivity contribution in [3.63, 3.8) is 0 Å². The standard InChI is InChI=1S/C14H15F3N2O/c15-14(16,17)12-3-1-10(2-4-12)7-13(19-18)8-11-5-6-20-9-11/h1-6,9,13,19H,7-8,18H2. The third-order valence-corrected chi connectivity index (χ3v) is 3.06. The van der Waals surface area contributed by atoms with Crippen molar-refractivity contribution in [1.29, 1.82) is 0 Å². The van der Waals surface area contributed by atoms with Crippen molar-refractivity contribution in [2.45, 2.75) is 25.1 Å². The van der Waals surface area contributed by atoms with E-state index in [-0.39, 0.29) is 6.04 Å². The molecule has 0 aliphatic rings. The number of nitrogens with one attached hydrogen (secondary N) is 1. The van der Waals surface area contributed by atoms with Gasteiger partial charge in [0.05, 0.1) is 18.1 Å². The number of halogens is 3. The number of alkyl halides is 3. The normalized spacial score (nSPS) is 13.4. The summed E-state index contributed by atoms with van der Waals surface area (Å²) in [5.74, 6) is 5.48. The molecule has 1 aromatic carbocycles. The topological polar surface area (TPSA) is 51.2 Å². The quantitative estimate of drug-likeness (QED) is 0.655. The van der Waals surface area contributed by atoms with Gasteiger partial charge >= 0.3 is 6.18 Å². The molecule has 0 aliphatic heterocycles. The Morgan fingerprint density at radius 3 is 2.20 bits per heavy atom. The molecular weight excluding hydrogens is 269 g/mol. The summed E-state index contributed by atoms with van der Waals surface area (Å²) in [6.07, 6.45) is 0.0762. The van der Waals surface area contributed by atoms with Crippen LogP contribution in [0.25, 0.3) is 0 Å². The molecule has 0 saturated heterocycles. The number of hydrazine groups is 1. The maximum atomic E-state index is 12.5. The highest BCUT2D eigenvalue weighted by molar-refractivity contribution is 5.25. The van der Waals surface area contributed by atoms with Crippen LogP contribution in [0.1, 0.15) is 16.7 Å². The largest absolute Gasteiger partial charge is 0.472 e. The van der Waals surface area contributed by atoms with Crippen molar-refractivity contribution in [3.05, 3.63) is 59.5 Å². The summed E-state index contributed by atoms with van der Waals surface area (Å²) in [6, 6.07) is 6.88. The molecular formula is C14H15F3N2O. The van der Waals surface area contributed by atoms with Crippen LogP contribution in [-0.4, -0.2) is 6.04 Å². The minimum absolute atomic E-state index is 0.0654. The predicted octanol–water partition coefficient (Wildman–Crippen LogP) is 2.92. The highest BCUT2D eigenvalue weighted by Crippen LogP contribution is 2.29. The Labute approximate surface area is 114 Å². The van der Waals surface area contributed by atoms with Gasteiger partial charge in [0.15, 0.2) is 0 Å². The molecule has 1 unspecified atom stereocenters. The van der Waals surface area contributed by atoms with E-state index in [1.54, 1.807) is 12.5 Å². The van der Waals surface area contributed by atoms with Gasteiger partial charge in [0.1, 0.15) is 0 Å². The Hall–Kier alpha value is -1.79. The van der Waals surface area contributed by atoms with Gasteiger partial charge in [-0.15, -0.1) is 0 Å². The predicted molar refractivity (Wildman–Crippen MR) is 68.7 cm³/mol. The lowest BCUT2D eigenvalue weighted by Crippen LogP contribution is -2.38. The molecule has 0 amide bonds. The minimum Gasteiger partial charge on any atom is -0.472 e. The summed E-state index contributed by atoms with van der Waals surface area (Å²) < 4.78 is 42.3. The molecule has 0 saturated carbocycles. The van der Waals surface area contributed by atoms with E-state index in [1.807, 2.05) is 6.07 Å². The monoisotopic (exact) mass is 284 g/mol. The fourth-order valence-corrected chi connectivity index (χ4v) is 2.00. The third kappa shape index (κ3) is 3.85. The molecule has 0 fully saturated rings. The Kier molecular flexibility index (Phi) is 4.46. The Morgan fingerprint density at radius 2 is 1.70 bits per heavy atom. The lowest BCUT2D eigenvalue weighted by molar-refractivity contribution is -0.137. The second-order valence-electron chi connectivity index (χ2n) is 4.60. The first kappa shape index (κ1) is 14.6. The molecule has 2 rings (SSSR count). The van der Waals surface area contributed by atoms with E-state index in [0.717, 1.165) is 23.3 Å². The first-order valence-electron chi connectivity index (χ1n) is 6.12. The summed E-state index contributed by atoms with van der Waals surface area (Å²) in [4.78, 5) is 0. The van der Waals surface area contributed by atoms with Crippen molar-refractivity contribution in [3.8, 4) is 0 Å². The molecule has 6 heteroatoms. The molecule has 108 valence electrons. The number of furan rings is 1. The SMILES string of the molecule is NNC(Cc1ccc(C(F)(F)F)cc1)Cc1ccoc1. The Bertz CT molecular complexity index is 520. The summed E-state index contributed by atoms with van der Waals surface area (Å²) in [5.41, 5.74) is 3.81. The molecule has 1 heterocycles. The molecule has 0 spiro atoms. The lowest BCUT2D eigenvalue weighted by Gasteiger charge is -2.15. The number of hydrogen-bond acceptors (Lipinski definition) is 3. The highest BCUT2D eigenvalue weighted by Gasteiger charge is 2.29. The maximum Gasteiger partial charge on any atom is 0.416 e. The fourth-order valence-electron chi connectivity index (χ4n) is 2.00. The van der Waals surface area contributed by atoms with Crippen molar-refractivity contribution < 1.29 is 17.6 Å². The van der Waals surface area contributed by atoms with E-state index >= 15 is 0 Å². The molecule has 0 bridgehead atoms. The van der Waals surface area contributed by atoms with Gasteiger partial charge in [-0.1, -0.05) is 12.1 Å². The van der Waals surface area contributed by atoms with Gasteiger partial charge in [0, 0.05) is 6.04 Å². The number of rotatable bonds is 5. The Balaban J connectivity index is 2.01. The molecule has 0 radical (unpaired) electrons. The maximum absolute atomic E-state index is 12.5. The first-order chi connectivity index (χ1) is 9.49. The Morgan fingerprint density at radius 1 is 1.05 bits per heavy atom. The summed E-state index contributed by atoms with van der Waals surface area (Å²) in [5, 5.41) is 0. The summed E-state index contributed by atoms with van der Waals surface area (Å²) >= 11 is 0. The number of nitrogens with two attached hydrogens (primary N) is 1. The van der Waals surface area contributed by atoms with Crippen molar-refractivity contribution in [2.24, 2.45) is 5.84 Å². The van der Waals surface area contributed by atoms with Crippen LogP contribution in [0.15, 0.2) is 47.3 Å². The van der Waals surface area contributed by atoms with Crippen LogP contribution in [0.2, 0.25) is 0 Å².